The molecule has 0 bridgehead atoms. The minimum Gasteiger partial charge on any atom is -0.332 e. The van der Waals surface area contributed by atoms with Gasteiger partial charge in [-0.15, -0.1) is 11.8 Å². The molecule has 0 aliphatic heterocycles. The van der Waals surface area contributed by atoms with Crippen molar-refractivity contribution >= 4 is 29.3 Å². The maximum absolute atomic E-state index is 12.9. The Balaban J connectivity index is 1.89. The van der Waals surface area contributed by atoms with E-state index < -0.39 is 0 Å². The smallest absolute Gasteiger partial charge is 0.279 e. The molecule has 1 saturated carbocycles. The summed E-state index contributed by atoms with van der Waals surface area (Å²) in [5.74, 6) is 0.0993. The lowest BCUT2D eigenvalue weighted by molar-refractivity contribution is -0.862. The molecule has 1 unspecified atom stereocenters. The number of nitrogens with zero attached hydrogens (tertiary/aromatic N) is 1. The van der Waals surface area contributed by atoms with Gasteiger partial charge in [-0.1, -0.05) is 31.4 Å². The van der Waals surface area contributed by atoms with Gasteiger partial charge in [-0.05, 0) is 45.1 Å². The number of carbonyl (C=O) groups is 2. The normalized spacial score (nSPS) is 16.2. The van der Waals surface area contributed by atoms with Crippen molar-refractivity contribution < 1.29 is 14.5 Å². The van der Waals surface area contributed by atoms with Gasteiger partial charge in [0.25, 0.3) is 11.8 Å². The Hall–Kier alpha value is -1.53. The van der Waals surface area contributed by atoms with Crippen LogP contribution in [0.5, 0.6) is 0 Å². The lowest BCUT2D eigenvalue weighted by atomic mass is 9.93. The van der Waals surface area contributed by atoms with Gasteiger partial charge in [0.05, 0.1) is 12.7 Å². The van der Waals surface area contributed by atoms with Crippen LogP contribution in [0.2, 0.25) is 0 Å². The molecule has 0 spiro atoms. The molecule has 2 rings (SSSR count). The third kappa shape index (κ3) is 6.54. The monoisotopic (exact) mass is 392 g/mol. The fraction of sp³-hybridized carbons (Fsp3) is 0.619. The van der Waals surface area contributed by atoms with Gasteiger partial charge < -0.3 is 15.1 Å². The van der Waals surface area contributed by atoms with Crippen molar-refractivity contribution in [1.29, 1.82) is 0 Å². The maximum atomic E-state index is 12.9. The number of carbonyl (C=O) groups excluding carboxylic acids is 2. The average molecular weight is 393 g/mol. The number of rotatable bonds is 8. The highest BCUT2D eigenvalue weighted by molar-refractivity contribution is 7.98. The molecule has 6 heteroatoms. The first-order valence-corrected chi connectivity index (χ1v) is 11.2. The molecule has 0 aromatic heterocycles. The molecule has 1 fully saturated rings. The van der Waals surface area contributed by atoms with Gasteiger partial charge in [0.2, 0.25) is 0 Å². The molecule has 0 saturated heterocycles. The second-order valence-corrected chi connectivity index (χ2v) is 8.59. The summed E-state index contributed by atoms with van der Waals surface area (Å²) >= 11 is 1.61. The van der Waals surface area contributed by atoms with Crippen LogP contribution in [-0.4, -0.2) is 55.2 Å². The topological polar surface area (TPSA) is 53.9 Å². The van der Waals surface area contributed by atoms with Crippen LogP contribution in [0.3, 0.4) is 0 Å². The van der Waals surface area contributed by atoms with Gasteiger partial charge in [0.15, 0.2) is 13.1 Å². The number of nitrogens with one attached hydrogen (secondary N) is 2. The van der Waals surface area contributed by atoms with Crippen molar-refractivity contribution in [3.63, 3.8) is 0 Å². The Kier molecular flexibility index (Phi) is 8.64. The number of amides is 2. The molecule has 0 radical (unpaired) electrons. The highest BCUT2D eigenvalue weighted by Crippen LogP contribution is 2.25. The fourth-order valence-corrected chi connectivity index (χ4v) is 4.45. The van der Waals surface area contributed by atoms with Crippen molar-refractivity contribution in [2.45, 2.75) is 62.9 Å². The molecule has 1 aromatic rings. The summed E-state index contributed by atoms with van der Waals surface area (Å²) in [7, 11) is 1.91. The summed E-state index contributed by atoms with van der Waals surface area (Å²) in [4.78, 5) is 29.3. The first-order valence-electron chi connectivity index (χ1n) is 9.97. The molecular weight excluding hydrogens is 358 g/mol. The zero-order chi connectivity index (χ0) is 19.8. The number of quaternary nitrogens is 1. The molecule has 1 aromatic carbocycles. The molecule has 2 amide bonds. The van der Waals surface area contributed by atoms with Crippen LogP contribution in [0.4, 0.5) is 5.69 Å². The van der Waals surface area contributed by atoms with Crippen LogP contribution >= 0.6 is 11.8 Å². The predicted octanol–water partition coefficient (Wildman–Crippen LogP) is 2.43. The van der Waals surface area contributed by atoms with Gasteiger partial charge in [-0.3, -0.25) is 9.59 Å². The first-order chi connectivity index (χ1) is 12.9. The molecule has 5 nitrogen and oxygen atoms in total. The van der Waals surface area contributed by atoms with E-state index in [2.05, 4.69) is 24.1 Å². The fourth-order valence-electron chi connectivity index (χ4n) is 3.90. The minimum absolute atomic E-state index is 0.0597. The van der Waals surface area contributed by atoms with Gasteiger partial charge in [-0.2, -0.15) is 0 Å². The Morgan fingerprint density at radius 3 is 2.48 bits per heavy atom. The van der Waals surface area contributed by atoms with Crippen molar-refractivity contribution in [3.8, 4) is 0 Å². The van der Waals surface area contributed by atoms with E-state index in [9.17, 15) is 9.59 Å². The van der Waals surface area contributed by atoms with Crippen LogP contribution in [0, 0.1) is 0 Å². The standard InChI is InChI=1S/C21H33N3O2S/c1-16(2)24(17-10-6-5-7-11-17)21(26)15-23(3)14-20(25)22-18-12-8-9-13-19(18)27-4/h8-9,12-13,16-17H,5-7,10-11,14-15H2,1-4H3,(H,22,25)/p+1. The SMILES string of the molecule is CSc1ccccc1NC(=O)C[NH+](C)CC(=O)N(C(C)C)C1CCCCC1. The molecule has 0 heterocycles. The lowest BCUT2D eigenvalue weighted by Gasteiger charge is -2.37. The lowest BCUT2D eigenvalue weighted by Crippen LogP contribution is -3.11. The van der Waals surface area contributed by atoms with Crippen LogP contribution in [0.25, 0.3) is 0 Å². The third-order valence-corrected chi connectivity index (χ3v) is 5.90. The van der Waals surface area contributed by atoms with Crippen molar-refractivity contribution in [2.75, 3.05) is 31.7 Å². The number of anilines is 1. The molecule has 2 N–H and O–H groups in total. The Morgan fingerprint density at radius 1 is 1.19 bits per heavy atom. The van der Waals surface area contributed by atoms with E-state index >= 15 is 0 Å². The number of thioether (sulfide) groups is 1. The van der Waals surface area contributed by atoms with Crippen molar-refractivity contribution in [3.05, 3.63) is 24.3 Å². The predicted molar refractivity (Wildman–Crippen MR) is 112 cm³/mol. The first kappa shape index (κ1) is 21.8. The maximum Gasteiger partial charge on any atom is 0.279 e. The number of hydrogen-bond acceptors (Lipinski definition) is 3. The summed E-state index contributed by atoms with van der Waals surface area (Å²) in [5, 5.41) is 2.98. The van der Waals surface area contributed by atoms with E-state index in [1.54, 1.807) is 11.8 Å². The Labute approximate surface area is 167 Å². The van der Waals surface area contributed by atoms with Crippen molar-refractivity contribution in [2.24, 2.45) is 0 Å². The summed E-state index contributed by atoms with van der Waals surface area (Å²) in [5.41, 5.74) is 0.833. The van der Waals surface area contributed by atoms with E-state index in [1.165, 1.54) is 19.3 Å². The summed E-state index contributed by atoms with van der Waals surface area (Å²) < 4.78 is 0. The minimum atomic E-state index is -0.0597. The number of para-hydroxylation sites is 1. The highest BCUT2D eigenvalue weighted by atomic mass is 32.2. The highest BCUT2D eigenvalue weighted by Gasteiger charge is 2.29. The molecule has 1 aliphatic carbocycles. The molecule has 27 heavy (non-hydrogen) atoms. The Morgan fingerprint density at radius 2 is 1.85 bits per heavy atom. The molecule has 1 aliphatic rings. The zero-order valence-corrected chi connectivity index (χ0v) is 17.9. The summed E-state index contributed by atoms with van der Waals surface area (Å²) in [6.07, 6.45) is 7.90. The van der Waals surface area contributed by atoms with Crippen molar-refractivity contribution in [1.82, 2.24) is 4.90 Å². The van der Waals surface area contributed by atoms with E-state index in [4.69, 9.17) is 0 Å². The van der Waals surface area contributed by atoms with E-state index in [-0.39, 0.29) is 24.4 Å². The van der Waals surface area contributed by atoms with E-state index in [0.717, 1.165) is 28.3 Å². The summed E-state index contributed by atoms with van der Waals surface area (Å²) in [6.45, 7) is 4.82. The molecule has 150 valence electrons. The quantitative estimate of drug-likeness (QED) is 0.668. The van der Waals surface area contributed by atoms with Gasteiger partial charge >= 0.3 is 0 Å². The molecule has 1 atom stereocenters. The largest absolute Gasteiger partial charge is 0.332 e. The average Bonchev–Trinajstić information content (AvgIpc) is 2.62. The third-order valence-electron chi connectivity index (χ3n) is 5.11. The number of hydrogen-bond donors (Lipinski definition) is 2. The van der Waals surface area contributed by atoms with Crippen LogP contribution in [-0.2, 0) is 9.59 Å². The van der Waals surface area contributed by atoms with Gasteiger partial charge in [0.1, 0.15) is 0 Å². The van der Waals surface area contributed by atoms with E-state index in [0.29, 0.717) is 12.6 Å². The number of benzene rings is 1. The van der Waals surface area contributed by atoms with Gasteiger partial charge in [-0.25, -0.2) is 0 Å². The van der Waals surface area contributed by atoms with Crippen LogP contribution in [0.15, 0.2) is 29.2 Å². The second kappa shape index (κ2) is 10.7. The summed E-state index contributed by atoms with van der Waals surface area (Å²) in [6, 6.07) is 8.35. The second-order valence-electron chi connectivity index (χ2n) is 7.75. The Bertz CT molecular complexity index is 630. The van der Waals surface area contributed by atoms with Crippen LogP contribution in [0.1, 0.15) is 46.0 Å². The van der Waals surface area contributed by atoms with Gasteiger partial charge in [0, 0.05) is 17.0 Å². The van der Waals surface area contributed by atoms with E-state index in [1.807, 2.05) is 37.6 Å². The van der Waals surface area contributed by atoms with Crippen LogP contribution < -0.4 is 10.2 Å². The zero-order valence-electron chi connectivity index (χ0n) is 17.1. The molecular formula is C21H34N3O2S+. The number of likely N-dealkylation sites (N-methyl/N-ethyl adjacent to an activating group) is 1.